The first kappa shape index (κ1) is 28.1. The van der Waals surface area contributed by atoms with Gasteiger partial charge in [0.2, 0.25) is 0 Å². The van der Waals surface area contributed by atoms with Crippen LogP contribution < -0.4 is 15.1 Å². The molecule has 1 N–H and O–H groups in total. The normalized spacial score (nSPS) is 16.0. The minimum Gasteiger partial charge on any atom is -0.378 e. The lowest BCUT2D eigenvalue weighted by atomic mass is 9.68. The Hall–Kier alpha value is -4.04. The Bertz CT molecular complexity index is 1660. The first-order valence-corrected chi connectivity index (χ1v) is 16.0. The van der Waals surface area contributed by atoms with Crippen LogP contribution in [0.3, 0.4) is 0 Å². The monoisotopic (exact) mass is 581 g/mol. The number of aryl methyl sites for hydroxylation is 1. The standard InChI is InChI=1S/C34H39N5O2S/c1-24-9-19-30(20-10-24)42(40,41)39-32-23-34(25-11-15-28(16-12-25)37(2)3,26-13-17-29(18-14-26)38(4)5)22-21-31(32)33(36-39)35-27-7-6-8-27/h9-22,27H,6-8,23H2,1-5H3,(H,35,36). The van der Waals surface area contributed by atoms with Gasteiger partial charge in [0.05, 0.1) is 10.6 Å². The second-order valence-electron chi connectivity index (χ2n) is 12.0. The summed E-state index contributed by atoms with van der Waals surface area (Å²) in [4.78, 5) is 4.40. The summed E-state index contributed by atoms with van der Waals surface area (Å²) in [6, 6.07) is 24.5. The predicted octanol–water partition coefficient (Wildman–Crippen LogP) is 6.08. The van der Waals surface area contributed by atoms with Crippen LogP contribution in [0.4, 0.5) is 17.2 Å². The maximum Gasteiger partial charge on any atom is 0.283 e. The summed E-state index contributed by atoms with van der Waals surface area (Å²) in [5.74, 6) is 0.640. The highest BCUT2D eigenvalue weighted by molar-refractivity contribution is 7.89. The molecule has 2 aliphatic carbocycles. The van der Waals surface area contributed by atoms with Gasteiger partial charge in [0.15, 0.2) is 5.82 Å². The van der Waals surface area contributed by atoms with Gasteiger partial charge in [-0.25, -0.2) is 0 Å². The third-order valence-corrected chi connectivity index (χ3v) is 10.4. The molecule has 0 unspecified atom stereocenters. The maximum atomic E-state index is 14.2. The molecular formula is C34H39N5O2S. The van der Waals surface area contributed by atoms with Crippen LogP contribution >= 0.6 is 0 Å². The average molecular weight is 582 g/mol. The van der Waals surface area contributed by atoms with E-state index < -0.39 is 15.4 Å². The third-order valence-electron chi connectivity index (χ3n) is 8.76. The fourth-order valence-electron chi connectivity index (χ4n) is 5.87. The Labute approximate surface area is 249 Å². The van der Waals surface area contributed by atoms with Crippen LogP contribution in [0.25, 0.3) is 6.08 Å². The first-order chi connectivity index (χ1) is 20.1. The molecule has 0 amide bonds. The fraction of sp³-hybridized carbons (Fsp3) is 0.324. The van der Waals surface area contributed by atoms with Gasteiger partial charge < -0.3 is 15.1 Å². The molecule has 0 saturated heterocycles. The maximum absolute atomic E-state index is 14.2. The number of benzene rings is 3. The van der Waals surface area contributed by atoms with Crippen LogP contribution in [0, 0.1) is 6.92 Å². The number of fused-ring (bicyclic) bond motifs is 1. The summed E-state index contributed by atoms with van der Waals surface area (Å²) in [5.41, 5.74) is 6.37. The summed E-state index contributed by atoms with van der Waals surface area (Å²) in [6.07, 6.45) is 8.07. The summed E-state index contributed by atoms with van der Waals surface area (Å²) in [7, 11) is 4.19. The molecule has 218 valence electrons. The van der Waals surface area contributed by atoms with E-state index in [1.54, 1.807) is 12.1 Å². The van der Waals surface area contributed by atoms with Crippen molar-refractivity contribution in [1.29, 1.82) is 0 Å². The lowest BCUT2D eigenvalue weighted by Crippen LogP contribution is -2.33. The van der Waals surface area contributed by atoms with Crippen molar-refractivity contribution in [2.24, 2.45) is 0 Å². The van der Waals surface area contributed by atoms with E-state index in [1.165, 1.54) is 10.5 Å². The predicted molar refractivity (Wildman–Crippen MR) is 172 cm³/mol. The zero-order chi connectivity index (χ0) is 29.6. The van der Waals surface area contributed by atoms with Gasteiger partial charge in [-0.05, 0) is 73.7 Å². The van der Waals surface area contributed by atoms with Crippen molar-refractivity contribution in [2.45, 2.75) is 49.0 Å². The Morgan fingerprint density at radius 3 is 1.86 bits per heavy atom. The largest absolute Gasteiger partial charge is 0.378 e. The van der Waals surface area contributed by atoms with E-state index in [9.17, 15) is 8.42 Å². The van der Waals surface area contributed by atoms with Crippen LogP contribution in [0.5, 0.6) is 0 Å². The van der Waals surface area contributed by atoms with Gasteiger partial charge in [0.1, 0.15) is 0 Å². The Morgan fingerprint density at radius 2 is 1.38 bits per heavy atom. The highest BCUT2D eigenvalue weighted by atomic mass is 32.2. The SMILES string of the molecule is Cc1ccc(S(=O)(=O)n2nc(NC3CCC3)c3c2CC(c2ccc(N(C)C)cc2)(c2ccc(N(C)C)cc2)C=C3)cc1. The molecule has 0 spiro atoms. The zero-order valence-corrected chi connectivity index (χ0v) is 25.8. The van der Waals surface area contributed by atoms with E-state index in [1.807, 2.05) is 47.2 Å². The minimum absolute atomic E-state index is 0.236. The van der Waals surface area contributed by atoms with Gasteiger partial charge in [-0.15, -0.1) is 5.10 Å². The number of hydrogen-bond acceptors (Lipinski definition) is 6. The lowest BCUT2D eigenvalue weighted by molar-refractivity contribution is 0.444. The molecule has 3 aromatic carbocycles. The highest BCUT2D eigenvalue weighted by Gasteiger charge is 2.40. The van der Waals surface area contributed by atoms with Gasteiger partial charge in [0, 0.05) is 63.0 Å². The quantitative estimate of drug-likeness (QED) is 0.272. The van der Waals surface area contributed by atoms with Gasteiger partial charge >= 0.3 is 0 Å². The van der Waals surface area contributed by atoms with Crippen molar-refractivity contribution >= 4 is 33.3 Å². The van der Waals surface area contributed by atoms with E-state index in [2.05, 4.69) is 75.8 Å². The number of hydrogen-bond donors (Lipinski definition) is 1. The van der Waals surface area contributed by atoms with E-state index in [0.717, 1.165) is 46.5 Å². The van der Waals surface area contributed by atoms with Crippen LogP contribution in [0.1, 0.15) is 47.2 Å². The third kappa shape index (κ3) is 4.87. The topological polar surface area (TPSA) is 70.5 Å². The Balaban J connectivity index is 1.53. The first-order valence-electron chi connectivity index (χ1n) is 14.5. The number of anilines is 3. The second-order valence-corrected chi connectivity index (χ2v) is 13.8. The van der Waals surface area contributed by atoms with Crippen molar-refractivity contribution < 1.29 is 8.42 Å². The Morgan fingerprint density at radius 1 is 0.833 bits per heavy atom. The summed E-state index contributed by atoms with van der Waals surface area (Å²) in [6.45, 7) is 1.95. The molecule has 0 atom stereocenters. The molecule has 0 radical (unpaired) electrons. The van der Waals surface area contributed by atoms with Gasteiger partial charge in [-0.3, -0.25) is 0 Å². The molecule has 6 rings (SSSR count). The molecular weight excluding hydrogens is 542 g/mol. The number of allylic oxidation sites excluding steroid dienone is 1. The summed E-state index contributed by atoms with van der Waals surface area (Å²) >= 11 is 0. The number of nitrogens with zero attached hydrogens (tertiary/aromatic N) is 4. The fourth-order valence-corrected chi connectivity index (χ4v) is 7.19. The second kappa shape index (κ2) is 10.7. The van der Waals surface area contributed by atoms with Gasteiger partial charge in [0.25, 0.3) is 10.0 Å². The molecule has 2 aliphatic rings. The van der Waals surface area contributed by atoms with Crippen molar-refractivity contribution in [1.82, 2.24) is 9.19 Å². The number of nitrogens with one attached hydrogen (secondary N) is 1. The average Bonchev–Trinajstić information content (AvgIpc) is 3.33. The molecule has 1 heterocycles. The summed E-state index contributed by atoms with van der Waals surface area (Å²) < 4.78 is 29.6. The molecule has 0 bridgehead atoms. The summed E-state index contributed by atoms with van der Waals surface area (Å²) in [5, 5.41) is 8.31. The zero-order valence-electron chi connectivity index (χ0n) is 25.0. The molecule has 7 nitrogen and oxygen atoms in total. The van der Waals surface area contributed by atoms with Gasteiger partial charge in [-0.2, -0.15) is 12.5 Å². The molecule has 0 aliphatic heterocycles. The van der Waals surface area contributed by atoms with E-state index >= 15 is 0 Å². The van der Waals surface area contributed by atoms with Crippen LogP contribution in [0.2, 0.25) is 0 Å². The molecule has 1 aromatic heterocycles. The van der Waals surface area contributed by atoms with E-state index in [0.29, 0.717) is 24.0 Å². The minimum atomic E-state index is -3.93. The van der Waals surface area contributed by atoms with Gasteiger partial charge in [-0.1, -0.05) is 54.1 Å². The number of aromatic nitrogens is 2. The smallest absolute Gasteiger partial charge is 0.283 e. The molecule has 1 saturated carbocycles. The Kier molecular flexibility index (Phi) is 7.13. The molecule has 1 fully saturated rings. The lowest BCUT2D eigenvalue weighted by Gasteiger charge is -2.35. The van der Waals surface area contributed by atoms with Crippen molar-refractivity contribution in [3.63, 3.8) is 0 Å². The van der Waals surface area contributed by atoms with Crippen LogP contribution in [0.15, 0.2) is 83.8 Å². The molecule has 4 aromatic rings. The van der Waals surface area contributed by atoms with E-state index in [4.69, 9.17) is 5.10 Å². The van der Waals surface area contributed by atoms with Crippen molar-refractivity contribution in [3.05, 3.63) is 107 Å². The van der Waals surface area contributed by atoms with Crippen LogP contribution in [-0.4, -0.2) is 51.8 Å². The van der Waals surface area contributed by atoms with Crippen LogP contribution in [-0.2, 0) is 21.9 Å². The van der Waals surface area contributed by atoms with E-state index in [-0.39, 0.29) is 4.90 Å². The molecule has 42 heavy (non-hydrogen) atoms. The molecule has 8 heteroatoms. The number of rotatable bonds is 8. The highest BCUT2D eigenvalue weighted by Crippen LogP contribution is 2.45. The van der Waals surface area contributed by atoms with Crippen molar-refractivity contribution in [3.8, 4) is 0 Å². The van der Waals surface area contributed by atoms with Crippen molar-refractivity contribution in [2.75, 3.05) is 43.3 Å².